The van der Waals surface area contributed by atoms with Gasteiger partial charge in [-0.05, 0) is 19.4 Å². The summed E-state index contributed by atoms with van der Waals surface area (Å²) in [5.74, 6) is 0. The van der Waals surface area contributed by atoms with E-state index >= 15 is 0 Å². The van der Waals surface area contributed by atoms with Crippen molar-refractivity contribution in [2.45, 2.75) is 26.7 Å². The van der Waals surface area contributed by atoms with Crippen molar-refractivity contribution >= 4 is 0 Å². The van der Waals surface area contributed by atoms with Crippen LogP contribution in [-0.4, -0.2) is 9.78 Å². The van der Waals surface area contributed by atoms with Crippen LogP contribution in [0.25, 0.3) is 0 Å². The molecule has 2 heteroatoms. The predicted octanol–water partition coefficient (Wildman–Crippen LogP) is 1.68. The molecular weight excluding hydrogens is 124 g/mol. The van der Waals surface area contributed by atoms with Gasteiger partial charge < -0.3 is 0 Å². The Bertz CT molecular complexity index is 194. The van der Waals surface area contributed by atoms with E-state index in [4.69, 9.17) is 0 Å². The Kier molecular flexibility index (Phi) is 2.10. The molecule has 2 nitrogen and oxygen atoms in total. The van der Waals surface area contributed by atoms with Crippen molar-refractivity contribution in [2.75, 3.05) is 0 Å². The summed E-state index contributed by atoms with van der Waals surface area (Å²) in [4.78, 5) is 0. The number of aryl methyl sites for hydroxylation is 3. The Morgan fingerprint density at radius 2 is 2.30 bits per heavy atom. The van der Waals surface area contributed by atoms with E-state index in [1.54, 1.807) is 0 Å². The molecule has 0 spiro atoms. The van der Waals surface area contributed by atoms with Crippen molar-refractivity contribution in [3.05, 3.63) is 17.5 Å². The van der Waals surface area contributed by atoms with Gasteiger partial charge in [0, 0.05) is 12.7 Å². The summed E-state index contributed by atoms with van der Waals surface area (Å²) in [7, 11) is 1.98. The zero-order valence-electron chi connectivity index (χ0n) is 6.89. The third-order valence-electron chi connectivity index (χ3n) is 1.67. The van der Waals surface area contributed by atoms with E-state index in [1.165, 1.54) is 17.8 Å². The van der Waals surface area contributed by atoms with Crippen LogP contribution in [0.1, 0.15) is 24.7 Å². The van der Waals surface area contributed by atoms with Gasteiger partial charge in [-0.1, -0.05) is 13.3 Å². The van der Waals surface area contributed by atoms with Crippen molar-refractivity contribution < 1.29 is 0 Å². The molecule has 0 amide bonds. The summed E-state index contributed by atoms with van der Waals surface area (Å²) in [6.07, 6.45) is 2.28. The average molecular weight is 138 g/mol. The van der Waals surface area contributed by atoms with Gasteiger partial charge in [0.25, 0.3) is 0 Å². The predicted molar refractivity (Wildman–Crippen MR) is 41.9 cm³/mol. The maximum absolute atomic E-state index is 4.32. The first-order valence-electron chi connectivity index (χ1n) is 3.73. The lowest BCUT2D eigenvalue weighted by Crippen LogP contribution is -1.93. The summed E-state index contributed by atoms with van der Waals surface area (Å²) in [6.45, 7) is 4.25. The van der Waals surface area contributed by atoms with E-state index in [0.29, 0.717) is 0 Å². The lowest BCUT2D eigenvalue weighted by atomic mass is 10.2. The molecule has 56 valence electrons. The smallest absolute Gasteiger partial charge is 0.0627 e. The number of hydrogen-bond donors (Lipinski definition) is 0. The Morgan fingerprint density at radius 3 is 2.70 bits per heavy atom. The van der Waals surface area contributed by atoms with Crippen LogP contribution in [0.4, 0.5) is 0 Å². The minimum atomic E-state index is 1.10. The molecule has 0 aliphatic carbocycles. The normalized spacial score (nSPS) is 10.3. The van der Waals surface area contributed by atoms with Gasteiger partial charge >= 0.3 is 0 Å². The van der Waals surface area contributed by atoms with Crippen molar-refractivity contribution in [2.24, 2.45) is 7.05 Å². The second kappa shape index (κ2) is 2.86. The molecule has 0 fully saturated rings. The zero-order chi connectivity index (χ0) is 7.56. The van der Waals surface area contributed by atoms with Crippen LogP contribution in [0.2, 0.25) is 0 Å². The molecule has 0 unspecified atom stereocenters. The Labute approximate surface area is 61.9 Å². The molecular formula is C8H14N2. The van der Waals surface area contributed by atoms with Crippen LogP contribution < -0.4 is 0 Å². The molecule has 0 aliphatic rings. The standard InChI is InChI=1S/C8H14N2/c1-4-5-8-6-7(2)10(3)9-8/h6H,4-5H2,1-3H3. The third kappa shape index (κ3) is 1.38. The van der Waals surface area contributed by atoms with Gasteiger partial charge in [0.15, 0.2) is 0 Å². The van der Waals surface area contributed by atoms with Crippen LogP contribution in [-0.2, 0) is 13.5 Å². The van der Waals surface area contributed by atoms with Crippen LogP contribution in [0.15, 0.2) is 6.07 Å². The van der Waals surface area contributed by atoms with Crippen molar-refractivity contribution in [1.82, 2.24) is 9.78 Å². The van der Waals surface area contributed by atoms with Crippen LogP contribution in [0.3, 0.4) is 0 Å². The Balaban J connectivity index is 2.77. The molecule has 0 saturated heterocycles. The highest BCUT2D eigenvalue weighted by atomic mass is 15.3. The fourth-order valence-electron chi connectivity index (χ4n) is 1.01. The third-order valence-corrected chi connectivity index (χ3v) is 1.67. The van der Waals surface area contributed by atoms with Gasteiger partial charge in [-0.25, -0.2) is 0 Å². The maximum Gasteiger partial charge on any atom is 0.0627 e. The first-order valence-corrected chi connectivity index (χ1v) is 3.73. The zero-order valence-corrected chi connectivity index (χ0v) is 6.89. The average Bonchev–Trinajstić information content (AvgIpc) is 2.14. The molecule has 10 heavy (non-hydrogen) atoms. The molecule has 0 saturated carbocycles. The summed E-state index contributed by atoms with van der Waals surface area (Å²) in [6, 6.07) is 2.14. The Morgan fingerprint density at radius 1 is 1.60 bits per heavy atom. The molecule has 1 aromatic heterocycles. The van der Waals surface area contributed by atoms with Crippen molar-refractivity contribution in [1.29, 1.82) is 0 Å². The molecule has 0 atom stereocenters. The molecule has 1 heterocycles. The van der Waals surface area contributed by atoms with Crippen LogP contribution >= 0.6 is 0 Å². The lowest BCUT2D eigenvalue weighted by Gasteiger charge is -1.89. The minimum absolute atomic E-state index is 1.10. The van der Waals surface area contributed by atoms with Gasteiger partial charge in [0.2, 0.25) is 0 Å². The van der Waals surface area contributed by atoms with Crippen molar-refractivity contribution in [3.8, 4) is 0 Å². The summed E-state index contributed by atoms with van der Waals surface area (Å²) < 4.78 is 1.92. The molecule has 1 aromatic rings. The quantitative estimate of drug-likeness (QED) is 0.608. The van der Waals surface area contributed by atoms with Gasteiger partial charge in [-0.15, -0.1) is 0 Å². The summed E-state index contributed by atoms with van der Waals surface area (Å²) >= 11 is 0. The molecule has 0 aromatic carbocycles. The topological polar surface area (TPSA) is 17.8 Å². The second-order valence-corrected chi connectivity index (χ2v) is 2.65. The van der Waals surface area contributed by atoms with E-state index in [2.05, 4.69) is 25.0 Å². The van der Waals surface area contributed by atoms with Gasteiger partial charge in [0.05, 0.1) is 5.69 Å². The highest BCUT2D eigenvalue weighted by molar-refractivity contribution is 5.08. The maximum atomic E-state index is 4.32. The first kappa shape index (κ1) is 7.32. The lowest BCUT2D eigenvalue weighted by molar-refractivity contribution is 0.714. The number of nitrogens with zero attached hydrogens (tertiary/aromatic N) is 2. The van der Waals surface area contributed by atoms with Crippen LogP contribution in [0.5, 0.6) is 0 Å². The summed E-state index contributed by atoms with van der Waals surface area (Å²) in [5.41, 5.74) is 2.45. The monoisotopic (exact) mass is 138 g/mol. The second-order valence-electron chi connectivity index (χ2n) is 2.65. The molecule has 1 rings (SSSR count). The molecule has 0 aliphatic heterocycles. The largest absolute Gasteiger partial charge is 0.273 e. The summed E-state index contributed by atoms with van der Waals surface area (Å²) in [5, 5.41) is 4.32. The van der Waals surface area contributed by atoms with Gasteiger partial charge in [-0.2, -0.15) is 5.10 Å². The minimum Gasteiger partial charge on any atom is -0.273 e. The molecule has 0 bridgehead atoms. The van der Waals surface area contributed by atoms with E-state index in [9.17, 15) is 0 Å². The first-order chi connectivity index (χ1) is 4.74. The highest BCUT2D eigenvalue weighted by Gasteiger charge is 1.97. The molecule has 0 radical (unpaired) electrons. The number of aromatic nitrogens is 2. The van der Waals surface area contributed by atoms with E-state index in [0.717, 1.165) is 6.42 Å². The van der Waals surface area contributed by atoms with Gasteiger partial charge in [0.1, 0.15) is 0 Å². The number of hydrogen-bond acceptors (Lipinski definition) is 1. The van der Waals surface area contributed by atoms with Gasteiger partial charge in [-0.3, -0.25) is 4.68 Å². The number of rotatable bonds is 2. The molecule has 0 N–H and O–H groups in total. The van der Waals surface area contributed by atoms with E-state index < -0.39 is 0 Å². The Hall–Kier alpha value is -0.790. The van der Waals surface area contributed by atoms with E-state index in [1.807, 2.05) is 11.7 Å². The van der Waals surface area contributed by atoms with Crippen molar-refractivity contribution in [3.63, 3.8) is 0 Å². The van der Waals surface area contributed by atoms with E-state index in [-0.39, 0.29) is 0 Å². The highest BCUT2D eigenvalue weighted by Crippen LogP contribution is 2.02. The SMILES string of the molecule is CCCc1cc(C)n(C)n1. The fourth-order valence-corrected chi connectivity index (χ4v) is 1.01. The van der Waals surface area contributed by atoms with Crippen LogP contribution in [0, 0.1) is 6.92 Å². The fraction of sp³-hybridized carbons (Fsp3) is 0.625.